The van der Waals surface area contributed by atoms with Gasteiger partial charge in [-0.2, -0.15) is 4.31 Å². The Labute approximate surface area is 171 Å². The molecule has 2 rings (SSSR count). The molecule has 0 unspecified atom stereocenters. The molecular formula is C19H29FN4O4S. The molecule has 1 aliphatic heterocycles. The maximum atomic E-state index is 13.4. The third-order valence-corrected chi connectivity index (χ3v) is 6.68. The smallest absolute Gasteiger partial charge is 0.243 e. The summed E-state index contributed by atoms with van der Waals surface area (Å²) in [5, 5.41) is 0. The Morgan fingerprint density at radius 2 is 1.76 bits per heavy atom. The maximum absolute atomic E-state index is 13.4. The van der Waals surface area contributed by atoms with E-state index in [1.165, 1.54) is 27.4 Å². The summed E-state index contributed by atoms with van der Waals surface area (Å²) in [6.45, 7) is 3.70. The summed E-state index contributed by atoms with van der Waals surface area (Å²) in [6, 6.07) is 4.91. The zero-order chi connectivity index (χ0) is 21.6. The van der Waals surface area contributed by atoms with E-state index in [4.69, 9.17) is 0 Å². The molecule has 0 spiro atoms. The number of rotatable bonds is 8. The summed E-state index contributed by atoms with van der Waals surface area (Å²) < 4.78 is 40.0. The lowest BCUT2D eigenvalue weighted by molar-refractivity contribution is -0.135. The van der Waals surface area contributed by atoms with Crippen LogP contribution in [0.15, 0.2) is 29.2 Å². The van der Waals surface area contributed by atoms with E-state index in [1.54, 1.807) is 23.9 Å². The van der Waals surface area contributed by atoms with Crippen molar-refractivity contribution in [3.05, 3.63) is 30.1 Å². The monoisotopic (exact) mass is 428 g/mol. The van der Waals surface area contributed by atoms with Gasteiger partial charge in [0.1, 0.15) is 5.82 Å². The summed E-state index contributed by atoms with van der Waals surface area (Å²) in [7, 11) is -0.450. The van der Waals surface area contributed by atoms with Crippen molar-refractivity contribution >= 4 is 21.8 Å². The molecule has 29 heavy (non-hydrogen) atoms. The van der Waals surface area contributed by atoms with E-state index in [0.29, 0.717) is 6.54 Å². The van der Waals surface area contributed by atoms with Crippen LogP contribution >= 0.6 is 0 Å². The Bertz CT molecular complexity index is 823. The van der Waals surface area contributed by atoms with Crippen molar-refractivity contribution < 1.29 is 22.4 Å². The highest BCUT2D eigenvalue weighted by Gasteiger charge is 2.30. The molecule has 0 aromatic heterocycles. The molecule has 1 heterocycles. The molecular weight excluding hydrogens is 399 g/mol. The predicted octanol–water partition coefficient (Wildman–Crippen LogP) is 0.459. The van der Waals surface area contributed by atoms with Gasteiger partial charge in [-0.1, -0.05) is 13.0 Å². The van der Waals surface area contributed by atoms with E-state index in [2.05, 4.69) is 0 Å². The van der Waals surface area contributed by atoms with E-state index in [0.717, 1.165) is 12.5 Å². The van der Waals surface area contributed by atoms with Gasteiger partial charge >= 0.3 is 0 Å². The van der Waals surface area contributed by atoms with Crippen LogP contribution in [0.2, 0.25) is 0 Å². The first kappa shape index (κ1) is 23.2. The first-order chi connectivity index (χ1) is 13.6. The van der Waals surface area contributed by atoms with Gasteiger partial charge in [-0.25, -0.2) is 12.8 Å². The van der Waals surface area contributed by atoms with Crippen LogP contribution in [0.3, 0.4) is 0 Å². The number of halogens is 1. The molecule has 1 aromatic carbocycles. The van der Waals surface area contributed by atoms with Gasteiger partial charge in [0.15, 0.2) is 0 Å². The molecule has 0 N–H and O–H groups in total. The summed E-state index contributed by atoms with van der Waals surface area (Å²) in [4.78, 5) is 29.4. The maximum Gasteiger partial charge on any atom is 0.243 e. The van der Waals surface area contributed by atoms with Gasteiger partial charge in [-0.15, -0.1) is 0 Å². The molecule has 0 bridgehead atoms. The number of nitrogens with zero attached hydrogens (tertiary/aromatic N) is 4. The van der Waals surface area contributed by atoms with E-state index in [9.17, 15) is 22.4 Å². The Balaban J connectivity index is 1.95. The normalized spacial score (nSPS) is 15.6. The predicted molar refractivity (Wildman–Crippen MR) is 107 cm³/mol. The van der Waals surface area contributed by atoms with Crippen molar-refractivity contribution in [1.82, 2.24) is 19.0 Å². The summed E-state index contributed by atoms with van der Waals surface area (Å²) in [5.74, 6) is -0.812. The highest BCUT2D eigenvalue weighted by atomic mass is 32.2. The highest BCUT2D eigenvalue weighted by Crippen LogP contribution is 2.18. The van der Waals surface area contributed by atoms with E-state index < -0.39 is 15.8 Å². The minimum absolute atomic E-state index is 0.0720. The zero-order valence-electron chi connectivity index (χ0n) is 17.2. The van der Waals surface area contributed by atoms with Gasteiger partial charge in [0.2, 0.25) is 21.8 Å². The zero-order valence-corrected chi connectivity index (χ0v) is 18.0. The number of hydrogen-bond donors (Lipinski definition) is 0. The minimum atomic E-state index is -3.80. The van der Waals surface area contributed by atoms with Crippen molar-refractivity contribution in [2.45, 2.75) is 18.2 Å². The van der Waals surface area contributed by atoms with Crippen LogP contribution in [-0.2, 0) is 19.6 Å². The summed E-state index contributed by atoms with van der Waals surface area (Å²) in [6.07, 6.45) is 0.813. The molecule has 1 aromatic rings. The largest absolute Gasteiger partial charge is 0.348 e. The van der Waals surface area contributed by atoms with E-state index >= 15 is 0 Å². The standard InChI is InChI=1S/C19H29FN4O4S/c1-4-8-22(14-18(25)21(2)3)15-19(26)23-9-11-24(12-10-23)29(27,28)17-7-5-6-16(20)13-17/h5-7,13H,4,8-12,14-15H2,1-3H3. The number of amides is 2. The van der Waals surface area contributed by atoms with Crippen molar-refractivity contribution in [3.63, 3.8) is 0 Å². The van der Waals surface area contributed by atoms with Gasteiger partial charge in [0.25, 0.3) is 0 Å². The molecule has 1 fully saturated rings. The minimum Gasteiger partial charge on any atom is -0.348 e. The van der Waals surface area contributed by atoms with Crippen LogP contribution in [0.25, 0.3) is 0 Å². The highest BCUT2D eigenvalue weighted by molar-refractivity contribution is 7.89. The van der Waals surface area contributed by atoms with Gasteiger partial charge in [0.05, 0.1) is 18.0 Å². The number of benzene rings is 1. The Morgan fingerprint density at radius 3 is 2.31 bits per heavy atom. The molecule has 1 saturated heterocycles. The van der Waals surface area contributed by atoms with E-state index in [-0.39, 0.29) is 56.0 Å². The first-order valence-electron chi connectivity index (χ1n) is 9.61. The van der Waals surface area contributed by atoms with Crippen LogP contribution in [0.4, 0.5) is 4.39 Å². The second-order valence-corrected chi connectivity index (χ2v) is 9.18. The fourth-order valence-electron chi connectivity index (χ4n) is 3.11. The van der Waals surface area contributed by atoms with Gasteiger partial charge in [-0.3, -0.25) is 14.5 Å². The van der Waals surface area contributed by atoms with Gasteiger partial charge in [0, 0.05) is 40.3 Å². The van der Waals surface area contributed by atoms with Crippen LogP contribution in [0, 0.1) is 5.82 Å². The fraction of sp³-hybridized carbons (Fsp3) is 0.579. The second-order valence-electron chi connectivity index (χ2n) is 7.24. The van der Waals surface area contributed by atoms with Crippen molar-refractivity contribution in [3.8, 4) is 0 Å². The van der Waals surface area contributed by atoms with Crippen molar-refractivity contribution in [1.29, 1.82) is 0 Å². The molecule has 1 aliphatic rings. The number of piperazine rings is 1. The molecule has 0 atom stereocenters. The Morgan fingerprint density at radius 1 is 1.10 bits per heavy atom. The average molecular weight is 429 g/mol. The van der Waals surface area contributed by atoms with Gasteiger partial charge in [-0.05, 0) is 31.2 Å². The topological polar surface area (TPSA) is 81.2 Å². The molecule has 162 valence electrons. The average Bonchev–Trinajstić information content (AvgIpc) is 2.68. The molecule has 2 amide bonds. The summed E-state index contributed by atoms with van der Waals surface area (Å²) >= 11 is 0. The van der Waals surface area contributed by atoms with Crippen LogP contribution in [0.1, 0.15) is 13.3 Å². The number of carbonyl (C=O) groups is 2. The third kappa shape index (κ3) is 6.22. The lowest BCUT2D eigenvalue weighted by Gasteiger charge is -2.35. The van der Waals surface area contributed by atoms with Crippen LogP contribution in [0.5, 0.6) is 0 Å². The number of hydrogen-bond acceptors (Lipinski definition) is 5. The third-order valence-electron chi connectivity index (χ3n) is 4.78. The summed E-state index contributed by atoms with van der Waals surface area (Å²) in [5.41, 5.74) is 0. The molecule has 8 nitrogen and oxygen atoms in total. The number of carbonyl (C=O) groups excluding carboxylic acids is 2. The van der Waals surface area contributed by atoms with Crippen molar-refractivity contribution in [2.75, 3.05) is 59.9 Å². The molecule has 0 radical (unpaired) electrons. The number of likely N-dealkylation sites (N-methyl/N-ethyl adjacent to an activating group) is 1. The van der Waals surface area contributed by atoms with Crippen LogP contribution in [-0.4, -0.2) is 99.1 Å². The molecule has 0 saturated carbocycles. The Kier molecular flexibility index (Phi) is 8.12. The van der Waals surface area contributed by atoms with E-state index in [1.807, 2.05) is 6.92 Å². The molecule has 10 heteroatoms. The molecule has 0 aliphatic carbocycles. The van der Waals surface area contributed by atoms with Crippen LogP contribution < -0.4 is 0 Å². The lowest BCUT2D eigenvalue weighted by Crippen LogP contribution is -2.53. The number of sulfonamides is 1. The SMILES string of the molecule is CCCN(CC(=O)N(C)C)CC(=O)N1CCN(S(=O)(=O)c2cccc(F)c2)CC1. The van der Waals surface area contributed by atoms with Gasteiger partial charge < -0.3 is 9.80 Å². The lowest BCUT2D eigenvalue weighted by atomic mass is 10.3. The fourth-order valence-corrected chi connectivity index (χ4v) is 4.56. The van der Waals surface area contributed by atoms with Crippen molar-refractivity contribution in [2.24, 2.45) is 0 Å². The second kappa shape index (κ2) is 10.1. The first-order valence-corrected chi connectivity index (χ1v) is 11.0. The Hall–Kier alpha value is -2.04. The quantitative estimate of drug-likeness (QED) is 0.601.